The first-order valence-corrected chi connectivity index (χ1v) is 11.1. The van der Waals surface area contributed by atoms with Gasteiger partial charge in [-0.25, -0.2) is 0 Å². The van der Waals surface area contributed by atoms with E-state index in [4.69, 9.17) is 22.1 Å². The molecule has 1 N–H and O–H groups in total. The third-order valence-electron chi connectivity index (χ3n) is 6.06. The maximum Gasteiger partial charge on any atom is 0.202 e. The number of fused-ring (bicyclic) bond motifs is 1. The Balaban J connectivity index is 1.45. The largest absolute Gasteiger partial charge is 0.497 e. The van der Waals surface area contributed by atoms with Crippen LogP contribution in [0.4, 0.5) is 0 Å². The van der Waals surface area contributed by atoms with Crippen LogP contribution in [-0.4, -0.2) is 28.0 Å². The quantitative estimate of drug-likeness (QED) is 0.653. The van der Waals surface area contributed by atoms with Crippen molar-refractivity contribution in [3.63, 3.8) is 0 Å². The summed E-state index contributed by atoms with van der Waals surface area (Å²) in [6.07, 6.45) is 3.87. The number of thiophene rings is 1. The van der Waals surface area contributed by atoms with Crippen LogP contribution in [0.3, 0.4) is 0 Å². The lowest BCUT2D eigenvalue weighted by Crippen LogP contribution is -3.13. The smallest absolute Gasteiger partial charge is 0.202 e. The number of nitrogens with one attached hydrogen (secondary N) is 1. The van der Waals surface area contributed by atoms with Crippen LogP contribution in [0, 0.1) is 10.7 Å². The zero-order valence-electron chi connectivity index (χ0n) is 16.2. The van der Waals surface area contributed by atoms with E-state index in [1.165, 1.54) is 12.8 Å². The Hall–Kier alpha value is -1.96. The molecule has 5 rings (SSSR count). The lowest BCUT2D eigenvalue weighted by molar-refractivity contribution is -0.958. The van der Waals surface area contributed by atoms with Gasteiger partial charge in [-0.3, -0.25) is 0 Å². The summed E-state index contributed by atoms with van der Waals surface area (Å²) in [6, 6.07) is 11.0. The normalized spacial score (nSPS) is 21.5. The number of aromatic nitrogens is 3. The number of benzene rings is 1. The van der Waals surface area contributed by atoms with Crippen LogP contribution in [0.2, 0.25) is 0 Å². The van der Waals surface area contributed by atoms with Crippen molar-refractivity contribution in [1.29, 1.82) is 0 Å². The highest BCUT2D eigenvalue weighted by Crippen LogP contribution is 2.42. The molecule has 28 heavy (non-hydrogen) atoms. The molecule has 3 aromatic rings. The van der Waals surface area contributed by atoms with Gasteiger partial charge in [0.05, 0.1) is 13.7 Å². The molecule has 1 aliphatic carbocycles. The molecule has 146 valence electrons. The number of quaternary nitrogens is 1. The fourth-order valence-corrected chi connectivity index (χ4v) is 5.57. The van der Waals surface area contributed by atoms with Crippen LogP contribution < -0.4 is 9.64 Å². The van der Waals surface area contributed by atoms with Gasteiger partial charge in [-0.1, -0.05) is 0 Å². The topological polar surface area (TPSA) is 36.4 Å². The first kappa shape index (κ1) is 18.1. The van der Waals surface area contributed by atoms with E-state index in [0.717, 1.165) is 47.5 Å². The standard InChI is InChI=1S/C21H24N4OS2/c1-23-20(15-5-7-16(26-2)8-6-15)22-25(21(23)27)13-24-11-9-18-17(10-12-28-18)19(24)14-3-4-14/h5-8,10,12,14,19H,3-4,9,11,13H2,1-2H3/p+1/t19-/m0/s1. The van der Waals surface area contributed by atoms with Crippen molar-refractivity contribution in [3.05, 3.63) is 50.9 Å². The molecule has 7 heteroatoms. The molecule has 0 amide bonds. The van der Waals surface area contributed by atoms with Crippen LogP contribution >= 0.6 is 23.6 Å². The van der Waals surface area contributed by atoms with Gasteiger partial charge in [-0.15, -0.1) is 16.4 Å². The number of rotatable bonds is 5. The number of methoxy groups -OCH3 is 1. The highest BCUT2D eigenvalue weighted by molar-refractivity contribution is 7.71. The van der Waals surface area contributed by atoms with E-state index in [-0.39, 0.29) is 0 Å². The van der Waals surface area contributed by atoms with E-state index in [2.05, 4.69) is 11.4 Å². The zero-order chi connectivity index (χ0) is 19.3. The maximum absolute atomic E-state index is 5.74. The van der Waals surface area contributed by atoms with E-state index in [9.17, 15) is 0 Å². The van der Waals surface area contributed by atoms with Crippen LogP contribution in [0.5, 0.6) is 5.75 Å². The van der Waals surface area contributed by atoms with Gasteiger partial charge in [0.25, 0.3) is 0 Å². The first-order valence-electron chi connectivity index (χ1n) is 9.85. The first-order chi connectivity index (χ1) is 13.7. The molecule has 5 nitrogen and oxygen atoms in total. The predicted octanol–water partition coefficient (Wildman–Crippen LogP) is 3.24. The number of hydrogen-bond donors (Lipinski definition) is 1. The van der Waals surface area contributed by atoms with Gasteiger partial charge in [0.15, 0.2) is 12.5 Å². The van der Waals surface area contributed by atoms with E-state index >= 15 is 0 Å². The highest BCUT2D eigenvalue weighted by atomic mass is 32.1. The van der Waals surface area contributed by atoms with Crippen molar-refractivity contribution < 1.29 is 9.64 Å². The molecule has 3 heterocycles. The number of ether oxygens (including phenoxy) is 1. The van der Waals surface area contributed by atoms with Crippen molar-refractivity contribution in [2.45, 2.75) is 32.0 Å². The molecule has 0 bridgehead atoms. The molecule has 2 aliphatic rings. The summed E-state index contributed by atoms with van der Waals surface area (Å²) >= 11 is 7.66. The Morgan fingerprint density at radius 2 is 2.04 bits per heavy atom. The summed E-state index contributed by atoms with van der Waals surface area (Å²) in [7, 11) is 3.69. The number of nitrogens with zero attached hydrogens (tertiary/aromatic N) is 3. The van der Waals surface area contributed by atoms with Crippen LogP contribution in [0.25, 0.3) is 11.4 Å². The second-order valence-electron chi connectivity index (χ2n) is 7.82. The molecule has 2 aromatic heterocycles. The van der Waals surface area contributed by atoms with Crippen LogP contribution in [-0.2, 0) is 20.1 Å². The molecule has 0 spiro atoms. The van der Waals surface area contributed by atoms with Crippen molar-refractivity contribution in [1.82, 2.24) is 14.3 Å². The van der Waals surface area contributed by atoms with Crippen molar-refractivity contribution in [2.24, 2.45) is 13.0 Å². The molecule has 1 saturated carbocycles. The fourth-order valence-electron chi connectivity index (χ4n) is 4.45. The minimum Gasteiger partial charge on any atom is -0.497 e. The summed E-state index contributed by atoms with van der Waals surface area (Å²) in [4.78, 5) is 3.19. The van der Waals surface area contributed by atoms with E-state index in [1.54, 1.807) is 22.5 Å². The minimum absolute atomic E-state index is 0.600. The van der Waals surface area contributed by atoms with E-state index in [1.807, 2.05) is 51.9 Å². The molecule has 0 saturated heterocycles. The Bertz CT molecular complexity index is 1050. The second-order valence-corrected chi connectivity index (χ2v) is 9.19. The highest BCUT2D eigenvalue weighted by Gasteiger charge is 2.43. The third kappa shape index (κ3) is 3.11. The summed E-state index contributed by atoms with van der Waals surface area (Å²) in [5.41, 5.74) is 2.63. The monoisotopic (exact) mass is 413 g/mol. The van der Waals surface area contributed by atoms with Gasteiger partial charge in [-0.2, -0.15) is 4.68 Å². The average molecular weight is 414 g/mol. The van der Waals surface area contributed by atoms with Crippen molar-refractivity contribution in [2.75, 3.05) is 13.7 Å². The van der Waals surface area contributed by atoms with Gasteiger partial charge in [0, 0.05) is 35.4 Å². The molecule has 2 atom stereocenters. The van der Waals surface area contributed by atoms with Crippen molar-refractivity contribution in [3.8, 4) is 17.1 Å². The minimum atomic E-state index is 0.600. The predicted molar refractivity (Wildman–Crippen MR) is 113 cm³/mol. The lowest BCUT2D eigenvalue weighted by Gasteiger charge is -2.32. The molecule has 1 fully saturated rings. The lowest BCUT2D eigenvalue weighted by atomic mass is 9.96. The third-order valence-corrected chi connectivity index (χ3v) is 7.54. The Labute approximate surface area is 174 Å². The van der Waals surface area contributed by atoms with Crippen LogP contribution in [0.15, 0.2) is 35.7 Å². The fraction of sp³-hybridized carbons (Fsp3) is 0.429. The van der Waals surface area contributed by atoms with Gasteiger partial charge in [-0.05, 0) is 60.8 Å². The summed E-state index contributed by atoms with van der Waals surface area (Å²) in [6.45, 7) is 1.99. The molecule has 1 aromatic carbocycles. The van der Waals surface area contributed by atoms with Gasteiger partial charge >= 0.3 is 0 Å². The zero-order valence-corrected chi connectivity index (χ0v) is 17.9. The van der Waals surface area contributed by atoms with E-state index in [0.29, 0.717) is 6.04 Å². The summed E-state index contributed by atoms with van der Waals surface area (Å²) < 4.78 is 10.1. The molecule has 1 aliphatic heterocycles. The molecular formula is C21H25N4OS2+. The van der Waals surface area contributed by atoms with Gasteiger partial charge in [0.2, 0.25) is 4.77 Å². The average Bonchev–Trinajstić information content (AvgIpc) is 3.38. The second kappa shape index (κ2) is 7.13. The summed E-state index contributed by atoms with van der Waals surface area (Å²) in [5.74, 6) is 2.58. The Kier molecular flexibility index (Phi) is 4.61. The van der Waals surface area contributed by atoms with Crippen LogP contribution in [0.1, 0.15) is 29.3 Å². The Morgan fingerprint density at radius 1 is 1.25 bits per heavy atom. The van der Waals surface area contributed by atoms with Gasteiger partial charge < -0.3 is 14.2 Å². The van der Waals surface area contributed by atoms with E-state index < -0.39 is 0 Å². The SMILES string of the molecule is COc1ccc(-c2nn(C[NH+]3CCc4sccc4[C@@H]3C3CC3)c(=S)n2C)cc1. The van der Waals surface area contributed by atoms with Gasteiger partial charge in [0.1, 0.15) is 11.8 Å². The Morgan fingerprint density at radius 3 is 2.75 bits per heavy atom. The molecule has 1 unspecified atom stereocenters. The molecule has 0 radical (unpaired) electrons. The summed E-state index contributed by atoms with van der Waals surface area (Å²) in [5, 5.41) is 7.16. The number of hydrogen-bond acceptors (Lipinski definition) is 4. The maximum atomic E-state index is 5.74. The molecular weight excluding hydrogens is 388 g/mol. The van der Waals surface area contributed by atoms with Crippen molar-refractivity contribution >= 4 is 23.6 Å².